The third-order valence-electron chi connectivity index (χ3n) is 9.01. The van der Waals surface area contributed by atoms with Crippen molar-refractivity contribution in [2.75, 3.05) is 7.11 Å². The lowest BCUT2D eigenvalue weighted by molar-refractivity contribution is -0.146. The van der Waals surface area contributed by atoms with Gasteiger partial charge in [-0.1, -0.05) is 36.4 Å². The molecule has 0 N–H and O–H groups in total. The zero-order chi connectivity index (χ0) is 34.2. The number of fused-ring (bicyclic) bond motifs is 1. The molecule has 0 radical (unpaired) electrons. The van der Waals surface area contributed by atoms with Crippen molar-refractivity contribution in [2.24, 2.45) is 5.92 Å². The van der Waals surface area contributed by atoms with Crippen LogP contribution in [0.4, 0.5) is 13.2 Å². The second kappa shape index (κ2) is 13.0. The van der Waals surface area contributed by atoms with Crippen LogP contribution in [0.3, 0.4) is 0 Å². The van der Waals surface area contributed by atoms with E-state index in [1.165, 1.54) is 31.4 Å². The van der Waals surface area contributed by atoms with Gasteiger partial charge in [0.05, 0.1) is 52.4 Å². The van der Waals surface area contributed by atoms with E-state index in [2.05, 4.69) is 12.1 Å². The van der Waals surface area contributed by atoms with Crippen LogP contribution >= 0.6 is 0 Å². The van der Waals surface area contributed by atoms with E-state index in [1.54, 1.807) is 12.1 Å². The molecule has 11 heteroatoms. The van der Waals surface area contributed by atoms with Crippen molar-refractivity contribution >= 4 is 26.9 Å². The Morgan fingerprint density at radius 1 is 0.875 bits per heavy atom. The van der Waals surface area contributed by atoms with E-state index in [0.29, 0.717) is 31.2 Å². The van der Waals surface area contributed by atoms with Gasteiger partial charge in [-0.05, 0) is 85.7 Å². The number of nitrogens with zero attached hydrogens (tertiary/aromatic N) is 3. The van der Waals surface area contributed by atoms with Gasteiger partial charge in [0, 0.05) is 27.6 Å². The van der Waals surface area contributed by atoms with Gasteiger partial charge < -0.3 is 4.74 Å². The van der Waals surface area contributed by atoms with Crippen molar-refractivity contribution in [1.82, 2.24) is 3.97 Å². The summed E-state index contributed by atoms with van der Waals surface area (Å²) in [5.41, 5.74) is 1.56. The molecule has 242 valence electrons. The quantitative estimate of drug-likeness (QED) is 0.161. The predicted molar refractivity (Wildman–Crippen MR) is 173 cm³/mol. The van der Waals surface area contributed by atoms with Crippen molar-refractivity contribution in [2.45, 2.75) is 42.9 Å². The lowest BCUT2D eigenvalue weighted by Crippen LogP contribution is -2.22. The van der Waals surface area contributed by atoms with Gasteiger partial charge in [0.15, 0.2) is 0 Å². The second-order valence-corrected chi connectivity index (χ2v) is 13.5. The first kappa shape index (κ1) is 32.5. The molecule has 0 spiro atoms. The average molecular weight is 668 g/mol. The molecule has 7 nitrogen and oxygen atoms in total. The first-order valence-corrected chi connectivity index (χ1v) is 16.6. The lowest BCUT2D eigenvalue weighted by Gasteiger charge is -2.27. The van der Waals surface area contributed by atoms with Crippen LogP contribution in [0, 0.1) is 34.4 Å². The Labute approximate surface area is 275 Å². The Kier molecular flexibility index (Phi) is 8.83. The number of hydrogen-bond acceptors (Lipinski definition) is 6. The van der Waals surface area contributed by atoms with Gasteiger partial charge in [-0.2, -0.15) is 10.5 Å². The zero-order valence-electron chi connectivity index (χ0n) is 25.7. The summed E-state index contributed by atoms with van der Waals surface area (Å²) in [5.74, 6) is -1.08. The van der Waals surface area contributed by atoms with E-state index < -0.39 is 22.3 Å². The number of esters is 1. The van der Waals surface area contributed by atoms with Gasteiger partial charge in [0.2, 0.25) is 0 Å². The molecule has 6 rings (SSSR count). The monoisotopic (exact) mass is 667 g/mol. The minimum atomic E-state index is -4.55. The van der Waals surface area contributed by atoms with E-state index in [1.807, 2.05) is 12.1 Å². The van der Waals surface area contributed by atoms with E-state index in [9.17, 15) is 32.5 Å². The highest BCUT2D eigenvalue weighted by molar-refractivity contribution is 7.90. The fourth-order valence-electron chi connectivity index (χ4n) is 6.67. The van der Waals surface area contributed by atoms with Crippen molar-refractivity contribution in [3.05, 3.63) is 113 Å². The Bertz CT molecular complexity index is 2210. The molecule has 0 unspecified atom stereocenters. The van der Waals surface area contributed by atoms with E-state index in [-0.39, 0.29) is 67.1 Å². The SMILES string of the molecule is COC(=O)[C@H]1CC[C@H](c2cccc(-c3c(-c4c(C#N)cccc4C#N)c4cc(F)ccc4n3S(=O)(=O)c3ccc(C(F)F)cc3)c2)CC1. The topological polar surface area (TPSA) is 113 Å². The molecule has 0 bridgehead atoms. The van der Waals surface area contributed by atoms with Gasteiger partial charge >= 0.3 is 5.97 Å². The Balaban J connectivity index is 1.66. The molecule has 1 aliphatic carbocycles. The first-order valence-electron chi connectivity index (χ1n) is 15.2. The van der Waals surface area contributed by atoms with Crippen LogP contribution in [-0.4, -0.2) is 25.5 Å². The first-order chi connectivity index (χ1) is 23.1. The summed E-state index contributed by atoms with van der Waals surface area (Å²) in [6, 6.07) is 23.8. The summed E-state index contributed by atoms with van der Waals surface area (Å²) in [6.45, 7) is 0. The number of nitriles is 2. The average Bonchev–Trinajstić information content (AvgIpc) is 3.45. The maximum atomic E-state index is 15.0. The third-order valence-corrected chi connectivity index (χ3v) is 10.7. The van der Waals surface area contributed by atoms with E-state index >= 15 is 4.39 Å². The number of aromatic nitrogens is 1. The molecule has 48 heavy (non-hydrogen) atoms. The standard InChI is InChI=1S/C37H28F3N3O4S/c1-47-37(44)24-10-8-22(9-11-24)25-4-2-5-26(18-25)35-34(33-27(20-41)6-3-7-28(33)21-42)31-19-29(38)14-17-32(31)43(35)48(45,46)30-15-12-23(13-16-30)36(39)40/h2-7,12-19,22,24,36H,8-11H2,1H3/t22-,24-. The summed E-state index contributed by atoms with van der Waals surface area (Å²) >= 11 is 0. The largest absolute Gasteiger partial charge is 0.469 e. The van der Waals surface area contributed by atoms with Crippen molar-refractivity contribution in [3.63, 3.8) is 0 Å². The molecule has 1 aliphatic rings. The Morgan fingerprint density at radius 3 is 2.12 bits per heavy atom. The van der Waals surface area contributed by atoms with Crippen molar-refractivity contribution < 1.29 is 31.1 Å². The molecule has 1 fully saturated rings. The predicted octanol–water partition coefficient (Wildman–Crippen LogP) is 8.48. The van der Waals surface area contributed by atoms with E-state index in [0.717, 1.165) is 45.9 Å². The summed E-state index contributed by atoms with van der Waals surface area (Å²) in [6.07, 6.45) is -0.187. The number of alkyl halides is 2. The summed E-state index contributed by atoms with van der Waals surface area (Å²) in [7, 11) is -3.19. The van der Waals surface area contributed by atoms with Gasteiger partial charge in [0.1, 0.15) is 5.82 Å². The van der Waals surface area contributed by atoms with Gasteiger partial charge in [-0.3, -0.25) is 4.79 Å². The molecule has 0 aliphatic heterocycles. The zero-order valence-corrected chi connectivity index (χ0v) is 26.5. The van der Waals surface area contributed by atoms with Crippen LogP contribution in [0.2, 0.25) is 0 Å². The van der Waals surface area contributed by atoms with Crippen LogP contribution in [0.25, 0.3) is 33.3 Å². The summed E-state index contributed by atoms with van der Waals surface area (Å²) in [4.78, 5) is 11.9. The number of ether oxygens (including phenoxy) is 1. The molecule has 4 aromatic carbocycles. The third kappa shape index (κ3) is 5.71. The highest BCUT2D eigenvalue weighted by Gasteiger charge is 2.32. The van der Waals surface area contributed by atoms with Gasteiger partial charge in [0.25, 0.3) is 16.4 Å². The number of benzene rings is 4. The number of carbonyl (C=O) groups excluding carboxylic acids is 1. The number of hydrogen-bond donors (Lipinski definition) is 0. The summed E-state index contributed by atoms with van der Waals surface area (Å²) in [5, 5.41) is 20.4. The minimum absolute atomic E-state index is 0.0455. The Hall–Kier alpha value is -5.39. The molecule has 1 aromatic heterocycles. The maximum absolute atomic E-state index is 15.0. The fraction of sp³-hybridized carbons (Fsp3) is 0.216. The summed E-state index contributed by atoms with van der Waals surface area (Å²) < 4.78 is 76.9. The fourth-order valence-corrected chi connectivity index (χ4v) is 8.21. The number of rotatable bonds is 7. The molecular weight excluding hydrogens is 639 g/mol. The van der Waals surface area contributed by atoms with Crippen molar-refractivity contribution in [3.8, 4) is 34.5 Å². The molecular formula is C37H28F3N3O4S. The number of halogens is 3. The smallest absolute Gasteiger partial charge is 0.308 e. The van der Waals surface area contributed by atoms with Gasteiger partial charge in [-0.25, -0.2) is 25.6 Å². The van der Waals surface area contributed by atoms with E-state index in [4.69, 9.17) is 4.74 Å². The van der Waals surface area contributed by atoms with Crippen LogP contribution in [0.5, 0.6) is 0 Å². The van der Waals surface area contributed by atoms with Crippen LogP contribution in [0.15, 0.2) is 89.8 Å². The minimum Gasteiger partial charge on any atom is -0.469 e. The lowest BCUT2D eigenvalue weighted by atomic mass is 9.78. The number of methoxy groups -OCH3 is 1. The molecule has 5 aromatic rings. The van der Waals surface area contributed by atoms with Crippen LogP contribution in [0.1, 0.15) is 60.3 Å². The Morgan fingerprint density at radius 2 is 1.52 bits per heavy atom. The van der Waals surface area contributed by atoms with Crippen LogP contribution < -0.4 is 0 Å². The molecule has 0 saturated heterocycles. The van der Waals surface area contributed by atoms with Crippen molar-refractivity contribution in [1.29, 1.82) is 10.5 Å². The molecule has 1 heterocycles. The maximum Gasteiger partial charge on any atom is 0.308 e. The highest BCUT2D eigenvalue weighted by atomic mass is 32.2. The normalized spacial score (nSPS) is 16.4. The molecule has 0 amide bonds. The molecule has 1 saturated carbocycles. The highest BCUT2D eigenvalue weighted by Crippen LogP contribution is 2.46. The van der Waals surface area contributed by atoms with Gasteiger partial charge in [-0.15, -0.1) is 0 Å². The molecule has 0 atom stereocenters. The number of carbonyl (C=O) groups is 1. The van der Waals surface area contributed by atoms with Crippen LogP contribution in [-0.2, 0) is 19.6 Å². The second-order valence-electron chi connectivity index (χ2n) is 11.7.